The number of carbonyl (C=O) groups excluding carboxylic acids is 2. The van der Waals surface area contributed by atoms with Crippen LogP contribution in [-0.2, 0) is 4.79 Å². The molecule has 0 saturated carbocycles. The molecule has 5 nitrogen and oxygen atoms in total. The normalized spacial score (nSPS) is 18.8. The average molecular weight is 444 g/mol. The molecule has 3 heterocycles. The molecule has 0 N–H and O–H groups in total. The third kappa shape index (κ3) is 4.81. The largest absolute Gasteiger partial charge is 0.342 e. The summed E-state index contributed by atoms with van der Waals surface area (Å²) < 4.78 is 13.2. The maximum Gasteiger partial charge on any atom is 0.265 e. The highest BCUT2D eigenvalue weighted by Crippen LogP contribution is 2.32. The van der Waals surface area contributed by atoms with Gasteiger partial charge in [-0.15, -0.1) is 11.3 Å². The molecule has 2 aromatic rings. The number of rotatable bonds is 4. The molecular weight excluding hydrogens is 413 g/mol. The first kappa shape index (κ1) is 21.9. The van der Waals surface area contributed by atoms with E-state index in [9.17, 15) is 14.0 Å². The highest BCUT2D eigenvalue weighted by molar-refractivity contribution is 7.17. The maximum absolute atomic E-state index is 13.2. The van der Waals surface area contributed by atoms with Crippen molar-refractivity contribution in [2.75, 3.05) is 26.2 Å². The molecule has 2 aliphatic rings. The molecule has 166 valence electrons. The molecule has 7 heteroatoms. The van der Waals surface area contributed by atoms with Crippen LogP contribution < -0.4 is 0 Å². The van der Waals surface area contributed by atoms with Gasteiger partial charge in [0.1, 0.15) is 15.7 Å². The Kier molecular flexibility index (Phi) is 6.70. The highest BCUT2D eigenvalue weighted by atomic mass is 32.1. The van der Waals surface area contributed by atoms with E-state index in [2.05, 4.69) is 11.9 Å². The summed E-state index contributed by atoms with van der Waals surface area (Å²) in [6.07, 6.45) is 5.15. The van der Waals surface area contributed by atoms with Crippen LogP contribution in [0.15, 0.2) is 24.3 Å². The molecule has 1 aromatic carbocycles. The van der Waals surface area contributed by atoms with Gasteiger partial charge in [-0.25, -0.2) is 9.37 Å². The Balaban J connectivity index is 1.37. The van der Waals surface area contributed by atoms with Gasteiger partial charge in [0.05, 0.1) is 5.69 Å². The average Bonchev–Trinajstić information content (AvgIpc) is 3.20. The quantitative estimate of drug-likeness (QED) is 0.685. The minimum atomic E-state index is -0.288. The zero-order valence-corrected chi connectivity index (χ0v) is 19.1. The van der Waals surface area contributed by atoms with Gasteiger partial charge in [-0.3, -0.25) is 9.59 Å². The number of piperidine rings is 2. The number of aromatic nitrogens is 1. The van der Waals surface area contributed by atoms with Crippen LogP contribution in [-0.4, -0.2) is 52.8 Å². The Morgan fingerprint density at radius 1 is 1.03 bits per heavy atom. The van der Waals surface area contributed by atoms with Gasteiger partial charge >= 0.3 is 0 Å². The highest BCUT2D eigenvalue weighted by Gasteiger charge is 2.33. The molecule has 0 aliphatic carbocycles. The summed E-state index contributed by atoms with van der Waals surface area (Å²) in [6, 6.07) is 6.19. The van der Waals surface area contributed by atoms with Crippen LogP contribution in [0.5, 0.6) is 0 Å². The lowest BCUT2D eigenvalue weighted by Gasteiger charge is -2.37. The van der Waals surface area contributed by atoms with E-state index in [0.717, 1.165) is 49.3 Å². The summed E-state index contributed by atoms with van der Waals surface area (Å²) in [5, 5.41) is 0.733. The predicted molar refractivity (Wildman–Crippen MR) is 120 cm³/mol. The Hall–Kier alpha value is -2.28. The first-order valence-electron chi connectivity index (χ1n) is 11.3. The van der Waals surface area contributed by atoms with Gasteiger partial charge in [-0.2, -0.15) is 0 Å². The zero-order chi connectivity index (χ0) is 22.0. The van der Waals surface area contributed by atoms with Crippen molar-refractivity contribution < 1.29 is 14.0 Å². The Labute approximate surface area is 187 Å². The number of likely N-dealkylation sites (tertiary alicyclic amines) is 2. The van der Waals surface area contributed by atoms with Crippen molar-refractivity contribution in [3.05, 3.63) is 40.7 Å². The molecule has 2 aliphatic heterocycles. The van der Waals surface area contributed by atoms with Gasteiger partial charge in [-0.05, 0) is 69.2 Å². The number of nitrogens with zero attached hydrogens (tertiary/aromatic N) is 3. The number of benzene rings is 1. The topological polar surface area (TPSA) is 53.5 Å². The molecule has 2 saturated heterocycles. The van der Waals surface area contributed by atoms with Crippen LogP contribution in [0.2, 0.25) is 0 Å². The van der Waals surface area contributed by atoms with Crippen LogP contribution in [0.3, 0.4) is 0 Å². The van der Waals surface area contributed by atoms with E-state index >= 15 is 0 Å². The molecule has 2 fully saturated rings. The number of hydrogen-bond donors (Lipinski definition) is 0. The van der Waals surface area contributed by atoms with Crippen molar-refractivity contribution in [3.63, 3.8) is 0 Å². The summed E-state index contributed by atoms with van der Waals surface area (Å²) in [5.41, 5.74) is 1.53. The summed E-state index contributed by atoms with van der Waals surface area (Å²) in [6.45, 7) is 7.03. The van der Waals surface area contributed by atoms with Gasteiger partial charge < -0.3 is 9.80 Å². The first-order valence-corrected chi connectivity index (χ1v) is 12.1. The van der Waals surface area contributed by atoms with E-state index in [1.807, 2.05) is 16.7 Å². The summed E-state index contributed by atoms with van der Waals surface area (Å²) in [7, 11) is 0. The third-order valence-corrected chi connectivity index (χ3v) is 7.87. The molecule has 1 atom stereocenters. The van der Waals surface area contributed by atoms with Gasteiger partial charge in [0.25, 0.3) is 5.91 Å². The lowest BCUT2D eigenvalue weighted by Crippen LogP contribution is -2.45. The van der Waals surface area contributed by atoms with Crippen LogP contribution >= 0.6 is 11.3 Å². The minimum absolute atomic E-state index is 0.0109. The van der Waals surface area contributed by atoms with Crippen LogP contribution in [0.1, 0.15) is 54.4 Å². The number of amides is 2. The molecule has 2 amide bonds. The number of halogens is 1. The van der Waals surface area contributed by atoms with E-state index in [1.165, 1.54) is 29.9 Å². The summed E-state index contributed by atoms with van der Waals surface area (Å²) in [4.78, 5) is 35.1. The third-order valence-electron chi connectivity index (χ3n) is 6.67. The Bertz CT molecular complexity index is 929. The summed E-state index contributed by atoms with van der Waals surface area (Å²) in [5.74, 6) is 0.356. The Morgan fingerprint density at radius 2 is 1.68 bits per heavy atom. The fourth-order valence-corrected chi connectivity index (χ4v) is 5.70. The fraction of sp³-hybridized carbons (Fsp3) is 0.542. The Morgan fingerprint density at radius 3 is 2.32 bits per heavy atom. The molecule has 4 rings (SSSR count). The predicted octanol–water partition coefficient (Wildman–Crippen LogP) is 4.76. The lowest BCUT2D eigenvalue weighted by molar-refractivity contribution is -0.138. The van der Waals surface area contributed by atoms with Crippen molar-refractivity contribution in [1.29, 1.82) is 0 Å². The zero-order valence-electron chi connectivity index (χ0n) is 18.3. The summed E-state index contributed by atoms with van der Waals surface area (Å²) >= 11 is 1.37. The van der Waals surface area contributed by atoms with Crippen LogP contribution in [0.4, 0.5) is 4.39 Å². The smallest absolute Gasteiger partial charge is 0.265 e. The molecule has 1 aromatic heterocycles. The van der Waals surface area contributed by atoms with Gasteiger partial charge in [0.2, 0.25) is 5.91 Å². The molecular formula is C24H30FN3O2S. The van der Waals surface area contributed by atoms with Gasteiger partial charge in [0.15, 0.2) is 0 Å². The number of aryl methyl sites for hydroxylation is 1. The fourth-order valence-electron chi connectivity index (χ4n) is 4.66. The van der Waals surface area contributed by atoms with Crippen molar-refractivity contribution in [1.82, 2.24) is 14.8 Å². The first-order chi connectivity index (χ1) is 14.9. The standard InChI is InChI=1S/C24H30FN3O2S/c1-16(23(29)27-12-4-3-5-13-27)18-10-14-28(15-11-18)24(30)21-17(2)26-22(31-21)19-6-8-20(25)9-7-19/h6-9,16,18H,3-5,10-15H2,1-2H3/t16-/m1/s1. The molecule has 0 bridgehead atoms. The van der Waals surface area contributed by atoms with Gasteiger partial charge in [0, 0.05) is 37.7 Å². The van der Waals surface area contributed by atoms with E-state index in [-0.39, 0.29) is 23.5 Å². The monoisotopic (exact) mass is 443 g/mol. The van der Waals surface area contributed by atoms with Crippen molar-refractivity contribution in [2.24, 2.45) is 11.8 Å². The van der Waals surface area contributed by atoms with Crippen LogP contribution in [0, 0.1) is 24.6 Å². The molecule has 0 radical (unpaired) electrons. The minimum Gasteiger partial charge on any atom is -0.342 e. The molecule has 0 spiro atoms. The number of thiazole rings is 1. The van der Waals surface area contributed by atoms with Crippen molar-refractivity contribution in [3.8, 4) is 10.6 Å². The van der Waals surface area contributed by atoms with Crippen molar-refractivity contribution >= 4 is 23.2 Å². The second-order valence-corrected chi connectivity index (χ2v) is 9.74. The van der Waals surface area contributed by atoms with E-state index in [4.69, 9.17) is 0 Å². The van der Waals surface area contributed by atoms with Crippen LogP contribution in [0.25, 0.3) is 10.6 Å². The second kappa shape index (κ2) is 9.47. The molecule has 31 heavy (non-hydrogen) atoms. The maximum atomic E-state index is 13.2. The van der Waals surface area contributed by atoms with E-state index in [0.29, 0.717) is 29.6 Å². The van der Waals surface area contributed by atoms with Crippen molar-refractivity contribution in [2.45, 2.75) is 46.0 Å². The molecule has 0 unspecified atom stereocenters. The van der Waals surface area contributed by atoms with Gasteiger partial charge in [-0.1, -0.05) is 6.92 Å². The van der Waals surface area contributed by atoms with E-state index in [1.54, 1.807) is 12.1 Å². The SMILES string of the molecule is Cc1nc(-c2ccc(F)cc2)sc1C(=O)N1CCC([C@@H](C)C(=O)N2CCCCC2)CC1. The number of carbonyl (C=O) groups is 2. The number of hydrogen-bond acceptors (Lipinski definition) is 4. The van der Waals surface area contributed by atoms with E-state index < -0.39 is 0 Å². The lowest BCUT2D eigenvalue weighted by atomic mass is 9.84. The second-order valence-electron chi connectivity index (χ2n) is 8.74.